The Morgan fingerprint density at radius 1 is 0.926 bits per heavy atom. The Hall–Kier alpha value is -4.00. The highest BCUT2D eigenvalue weighted by Gasteiger charge is 2.12. The van der Waals surface area contributed by atoms with Gasteiger partial charge in [0.2, 0.25) is 11.6 Å². The van der Waals surface area contributed by atoms with Crippen LogP contribution < -0.4 is 10.8 Å². The van der Waals surface area contributed by atoms with Crippen LogP contribution in [0.1, 0.15) is 5.69 Å². The molecule has 2 aromatic heterocycles. The van der Waals surface area contributed by atoms with Crippen molar-refractivity contribution in [1.82, 2.24) is 4.98 Å². The summed E-state index contributed by atoms with van der Waals surface area (Å²) in [6.07, 6.45) is 7.61. The molecule has 0 aliphatic heterocycles. The number of hydrogen-bond acceptors (Lipinski definition) is 6. The molecule has 0 spiro atoms. The Balaban J connectivity index is 1.69. The third kappa shape index (κ3) is 3.38. The smallest absolute Gasteiger partial charge is 0.310 e. The van der Waals surface area contributed by atoms with Crippen molar-refractivity contribution in [1.29, 1.82) is 0 Å². The lowest BCUT2D eigenvalue weighted by atomic mass is 10.1. The number of rotatable bonds is 2. The molecule has 0 bridgehead atoms. The second-order valence-corrected chi connectivity index (χ2v) is 5.73. The van der Waals surface area contributed by atoms with Crippen molar-refractivity contribution in [3.05, 3.63) is 93.7 Å². The van der Waals surface area contributed by atoms with Crippen molar-refractivity contribution in [2.75, 3.05) is 0 Å². The summed E-state index contributed by atoms with van der Waals surface area (Å²) < 4.78 is 11.0. The molecule has 0 saturated carbocycles. The Labute approximate surface area is 153 Å². The molecule has 27 heavy (non-hydrogen) atoms. The number of furan rings is 1. The zero-order valence-corrected chi connectivity index (χ0v) is 13.9. The normalized spacial score (nSPS) is 14.1. The zero-order valence-electron chi connectivity index (χ0n) is 13.9. The molecule has 1 aliphatic carbocycles. The average molecular weight is 361 g/mol. The van der Waals surface area contributed by atoms with E-state index in [0.29, 0.717) is 22.3 Å². The predicted octanol–water partition coefficient (Wildman–Crippen LogP) is 2.19. The van der Waals surface area contributed by atoms with Crippen molar-refractivity contribution in [3.63, 3.8) is 0 Å². The molecule has 0 saturated heterocycles. The van der Waals surface area contributed by atoms with Crippen molar-refractivity contribution >= 4 is 17.4 Å². The number of aromatic nitrogens is 1. The number of hydrogen-bond donors (Lipinski definition) is 1. The molecule has 1 aliphatic rings. The molecule has 0 amide bonds. The van der Waals surface area contributed by atoms with E-state index in [2.05, 4.69) is 4.98 Å². The third-order valence-electron chi connectivity index (χ3n) is 3.92. The van der Waals surface area contributed by atoms with Crippen LogP contribution in [0, 0.1) is 10.4 Å². The maximum Gasteiger partial charge on any atom is 0.310 e. The molecular weight excluding hydrogens is 348 g/mol. The lowest BCUT2D eigenvalue weighted by Gasteiger charge is -2.07. The topological polar surface area (TPSA) is 109 Å². The highest BCUT2D eigenvalue weighted by Crippen LogP contribution is 2.26. The Morgan fingerprint density at radius 3 is 2.37 bits per heavy atom. The van der Waals surface area contributed by atoms with Gasteiger partial charge in [0.15, 0.2) is 5.69 Å². The van der Waals surface area contributed by atoms with E-state index in [4.69, 9.17) is 8.83 Å². The number of nitrogens with zero attached hydrogens (tertiary/aromatic N) is 2. The van der Waals surface area contributed by atoms with E-state index >= 15 is 0 Å². The first-order chi connectivity index (χ1) is 13.1. The SMILES string of the molecule is [O-][N+]([O-])=C1C=CC(=c2ccc(=Cc3nc(-c4ccccc4)oc3O)o2)C=C1. The molecule has 3 aromatic rings. The van der Waals surface area contributed by atoms with Gasteiger partial charge in [-0.1, -0.05) is 18.2 Å². The van der Waals surface area contributed by atoms with Crippen LogP contribution in [0.3, 0.4) is 0 Å². The molecule has 2 heterocycles. The van der Waals surface area contributed by atoms with Gasteiger partial charge in [-0.2, -0.15) is 4.90 Å². The first-order valence-electron chi connectivity index (χ1n) is 8.05. The number of oxazole rings is 1. The first kappa shape index (κ1) is 16.5. The van der Waals surface area contributed by atoms with E-state index in [0.717, 1.165) is 5.56 Å². The van der Waals surface area contributed by atoms with Crippen LogP contribution in [0.5, 0.6) is 5.95 Å². The van der Waals surface area contributed by atoms with Crippen molar-refractivity contribution in [2.24, 2.45) is 0 Å². The van der Waals surface area contributed by atoms with E-state index in [1.807, 2.05) is 30.3 Å². The summed E-state index contributed by atoms with van der Waals surface area (Å²) in [4.78, 5) is 3.83. The molecule has 1 aromatic carbocycles. The van der Waals surface area contributed by atoms with Crippen LogP contribution in [-0.4, -0.2) is 20.7 Å². The molecule has 4 rings (SSSR count). The quantitative estimate of drug-likeness (QED) is 0.554. The zero-order chi connectivity index (χ0) is 18.8. The van der Waals surface area contributed by atoms with Crippen molar-refractivity contribution in [2.45, 2.75) is 0 Å². The summed E-state index contributed by atoms with van der Waals surface area (Å²) in [6.45, 7) is 0. The summed E-state index contributed by atoms with van der Waals surface area (Å²) in [6, 6.07) is 12.7. The van der Waals surface area contributed by atoms with E-state index in [-0.39, 0.29) is 17.4 Å². The number of allylic oxidation sites excluding steroid dienone is 4. The summed E-state index contributed by atoms with van der Waals surface area (Å²) in [5.41, 5.74) is 2.72. The third-order valence-corrected chi connectivity index (χ3v) is 3.92. The highest BCUT2D eigenvalue weighted by atomic mass is 16.8. The standard InChI is InChI=1S/C20H13N2O5/c23-20-17(21-19(27-20)14-4-2-1-3-5-14)12-16-10-11-18(26-16)13-6-8-15(9-7-13)22(24)25/h1-12H,(H-,23,24,25)/q-1. The Bertz CT molecular complexity index is 1170. The second kappa shape index (κ2) is 6.72. The molecule has 0 atom stereocenters. The lowest BCUT2D eigenvalue weighted by Crippen LogP contribution is -2.09. The van der Waals surface area contributed by atoms with Gasteiger partial charge in [-0.05, 0) is 36.4 Å². The minimum atomic E-state index is -0.456. The summed E-state index contributed by atoms with van der Waals surface area (Å²) in [5.74, 6) is 0.00337. The fourth-order valence-electron chi connectivity index (χ4n) is 2.59. The van der Waals surface area contributed by atoms with Crippen LogP contribution >= 0.6 is 0 Å². The van der Waals surface area contributed by atoms with Crippen molar-refractivity contribution in [3.8, 4) is 17.4 Å². The van der Waals surface area contributed by atoms with Gasteiger partial charge in [-0.15, -0.1) is 0 Å². The largest absolute Gasteiger partial charge is 0.612 e. The maximum atomic E-state index is 10.7. The lowest BCUT2D eigenvalue weighted by molar-refractivity contribution is -0.377. The molecule has 134 valence electrons. The van der Waals surface area contributed by atoms with Gasteiger partial charge in [-0.3, -0.25) is 0 Å². The maximum absolute atomic E-state index is 10.7. The summed E-state index contributed by atoms with van der Waals surface area (Å²) in [7, 11) is 0. The molecule has 7 nitrogen and oxygen atoms in total. The van der Waals surface area contributed by atoms with Gasteiger partial charge < -0.3 is 24.4 Å². The van der Waals surface area contributed by atoms with Gasteiger partial charge in [0.05, 0.1) is 0 Å². The second-order valence-electron chi connectivity index (χ2n) is 5.73. The van der Waals surface area contributed by atoms with Crippen LogP contribution in [-0.2, 0) is 0 Å². The van der Waals surface area contributed by atoms with Crippen LogP contribution in [0.15, 0.2) is 75.6 Å². The van der Waals surface area contributed by atoms with Crippen LogP contribution in [0.4, 0.5) is 0 Å². The van der Waals surface area contributed by atoms with E-state index in [1.165, 1.54) is 12.2 Å². The number of benzene rings is 1. The summed E-state index contributed by atoms with van der Waals surface area (Å²) >= 11 is 0. The van der Waals surface area contributed by atoms with Gasteiger partial charge in [0, 0.05) is 29.4 Å². The molecule has 7 heteroatoms. The Kier molecular flexibility index (Phi) is 4.10. The van der Waals surface area contributed by atoms with Gasteiger partial charge in [0.25, 0.3) is 0 Å². The molecule has 0 unspecified atom stereocenters. The van der Waals surface area contributed by atoms with E-state index in [9.17, 15) is 15.5 Å². The van der Waals surface area contributed by atoms with Crippen LogP contribution in [0.2, 0.25) is 0 Å². The van der Waals surface area contributed by atoms with Gasteiger partial charge in [-0.25, -0.2) is 4.98 Å². The first-order valence-corrected chi connectivity index (χ1v) is 8.05. The van der Waals surface area contributed by atoms with Gasteiger partial charge >= 0.3 is 5.95 Å². The van der Waals surface area contributed by atoms with Gasteiger partial charge in [0.1, 0.15) is 10.8 Å². The Morgan fingerprint density at radius 2 is 1.67 bits per heavy atom. The molecule has 1 N–H and O–H groups in total. The average Bonchev–Trinajstić information content (AvgIpc) is 3.30. The monoisotopic (exact) mass is 361 g/mol. The number of aromatic hydroxyl groups is 1. The predicted molar refractivity (Wildman–Crippen MR) is 98.8 cm³/mol. The minimum absolute atomic E-state index is 0.0121. The minimum Gasteiger partial charge on any atom is -0.612 e. The van der Waals surface area contributed by atoms with E-state index < -0.39 is 4.90 Å². The molecule has 0 radical (unpaired) electrons. The van der Waals surface area contributed by atoms with E-state index in [1.54, 1.807) is 30.4 Å². The summed E-state index contributed by atoms with van der Waals surface area (Å²) in [5, 5.41) is 31.5. The highest BCUT2D eigenvalue weighted by molar-refractivity contribution is 6.05. The fourth-order valence-corrected chi connectivity index (χ4v) is 2.59. The fraction of sp³-hybridized carbons (Fsp3) is 0. The molecule has 0 fully saturated rings. The van der Waals surface area contributed by atoms with Crippen molar-refractivity contribution < 1.29 is 18.8 Å². The van der Waals surface area contributed by atoms with Crippen LogP contribution in [0.25, 0.3) is 23.1 Å². The molecular formula is C20H13N2O5-.